The van der Waals surface area contributed by atoms with Gasteiger partial charge in [0.25, 0.3) is 5.69 Å². The maximum Gasteiger partial charge on any atom is 0.337 e. The number of benzene rings is 4. The zero-order valence-electron chi connectivity index (χ0n) is 46.9. The average molecular weight is 1160 g/mol. The van der Waals surface area contributed by atoms with Gasteiger partial charge in [0.05, 0.1) is 41.7 Å². The van der Waals surface area contributed by atoms with E-state index in [0.717, 1.165) is 18.5 Å². The van der Waals surface area contributed by atoms with E-state index in [1.807, 2.05) is 63.4 Å². The Labute approximate surface area is 485 Å². The highest BCUT2D eigenvalue weighted by Crippen LogP contribution is 2.41. The molecule has 0 aliphatic carbocycles. The van der Waals surface area contributed by atoms with E-state index in [1.165, 1.54) is 41.3 Å². The van der Waals surface area contributed by atoms with E-state index in [1.54, 1.807) is 33.8 Å². The first kappa shape index (κ1) is 69.9. The van der Waals surface area contributed by atoms with Gasteiger partial charge in [-0.3, -0.25) is 25.0 Å². The van der Waals surface area contributed by atoms with Gasteiger partial charge in [0.2, 0.25) is 5.91 Å². The summed E-state index contributed by atoms with van der Waals surface area (Å²) in [5.41, 5.74) is 4.34. The molecule has 0 saturated carbocycles. The first-order valence-corrected chi connectivity index (χ1v) is 26.1. The molecule has 4 aromatic rings. The Morgan fingerprint density at radius 1 is 0.829 bits per heavy atom. The number of halogens is 1. The highest BCUT2D eigenvalue weighted by molar-refractivity contribution is 6.00. The van der Waals surface area contributed by atoms with Crippen LogP contribution in [-0.4, -0.2) is 136 Å². The molecule has 1 amide bonds. The lowest BCUT2D eigenvalue weighted by Gasteiger charge is -2.34. The summed E-state index contributed by atoms with van der Waals surface area (Å²) in [5.74, 6) is -6.16. The molecule has 21 heteroatoms. The standard InChI is InChI=1S/C36H41N3O6.C20H28N2O5.C4H4O4.CH4.ClH/c1-24-31(34(40)44-6)33(28-18-13-19-29(22-28)39(42)43)32(25(2)37-24)35(41)45-36(3,4)23-38(5)21-20-30(26-14-9-7-10-15-26)27-16-11-8-12-17-27;1-3-27-20(26)16(12-11-15-8-5-4-6-9-15)21-14(2)18(23)22-13-7-10-17(22)19(24)25;5-3(6)1-2-4(7)8;;/h7-19,22,30,33,37H,20-21,23H2,1-6H3;4-6,8-9,14,16-17,21H,3,7,10-13H2,1-2H3,(H,24,25);1-2H,(H,5,6)(H,7,8);1H4;1H/b;;2-1-;;/t;14-,16-,17-;;;/m.0.../s1. The SMILES string of the molecule is C.CCOC(=O)[C@H](CCc1ccccc1)N[C@@H](C)C(=O)N1CCC[C@H]1C(=O)O.COC(=O)C1=C(C)NC(C)=C(C(=O)OC(C)(C)CN(C)CCC(c2ccccc2)c2ccccc2)C1c1cccc([N+](=O)[O-])c1.Cl.O=C(O)/C=C\C(=O)O. The van der Waals surface area contributed by atoms with E-state index >= 15 is 0 Å². The number of nitrogens with zero attached hydrogens (tertiary/aromatic N) is 3. The fraction of sp³-hybridized carbons (Fsp3) is 0.393. The number of carbonyl (C=O) groups is 7. The first-order valence-electron chi connectivity index (χ1n) is 26.1. The Balaban J connectivity index is 0.000000526. The number of amides is 1. The van der Waals surface area contributed by atoms with Crippen molar-refractivity contribution < 1.29 is 68.0 Å². The molecule has 4 atom stereocenters. The fourth-order valence-corrected chi connectivity index (χ4v) is 9.63. The van der Waals surface area contributed by atoms with Crippen molar-refractivity contribution in [3.8, 4) is 0 Å². The maximum atomic E-state index is 14.0. The van der Waals surface area contributed by atoms with Crippen molar-refractivity contribution in [3.05, 3.63) is 182 Å². The molecule has 2 aliphatic rings. The van der Waals surface area contributed by atoms with Crippen molar-refractivity contribution in [2.24, 2.45) is 0 Å². The number of nitro benzene ring substituents is 1. The van der Waals surface area contributed by atoms with Crippen LogP contribution in [0.2, 0.25) is 0 Å². The van der Waals surface area contributed by atoms with E-state index in [4.69, 9.17) is 24.4 Å². The first-order chi connectivity index (χ1) is 38.0. The number of hydrogen-bond donors (Lipinski definition) is 5. The number of carboxylic acid groups (broad SMARTS) is 3. The molecule has 1 fully saturated rings. The summed E-state index contributed by atoms with van der Waals surface area (Å²) in [7, 11) is 3.26. The van der Waals surface area contributed by atoms with Crippen LogP contribution in [0.25, 0.3) is 0 Å². The fourth-order valence-electron chi connectivity index (χ4n) is 9.63. The lowest BCUT2D eigenvalue weighted by Crippen LogP contribution is -2.53. The zero-order valence-corrected chi connectivity index (χ0v) is 47.7. The van der Waals surface area contributed by atoms with Crippen LogP contribution in [-0.2, 0) is 54.2 Å². The average Bonchev–Trinajstić information content (AvgIpc) is 3.95. The monoisotopic (exact) mass is 1160 g/mol. The number of aliphatic carboxylic acids is 3. The predicted octanol–water partition coefficient (Wildman–Crippen LogP) is 8.85. The number of carboxylic acids is 3. The second-order valence-corrected chi connectivity index (χ2v) is 19.8. The lowest BCUT2D eigenvalue weighted by atomic mass is 9.80. The summed E-state index contributed by atoms with van der Waals surface area (Å²) < 4.78 is 16.3. The van der Waals surface area contributed by atoms with E-state index < -0.39 is 70.4 Å². The van der Waals surface area contributed by atoms with Gasteiger partial charge in [-0.15, -0.1) is 12.4 Å². The van der Waals surface area contributed by atoms with Gasteiger partial charge in [-0.2, -0.15) is 0 Å². The number of allylic oxidation sites excluding steroid dienone is 2. The molecule has 82 heavy (non-hydrogen) atoms. The third kappa shape index (κ3) is 21.4. The van der Waals surface area contributed by atoms with Crippen LogP contribution in [0.15, 0.2) is 150 Å². The molecule has 0 bridgehead atoms. The van der Waals surface area contributed by atoms with Crippen LogP contribution in [0.4, 0.5) is 5.69 Å². The molecule has 5 N–H and O–H groups in total. The van der Waals surface area contributed by atoms with E-state index in [9.17, 15) is 48.8 Å². The van der Waals surface area contributed by atoms with Gasteiger partial charge in [-0.1, -0.05) is 111 Å². The number of dihydropyridines is 1. The van der Waals surface area contributed by atoms with Gasteiger partial charge in [-0.25, -0.2) is 24.0 Å². The Hall–Kier alpha value is -8.20. The molecule has 6 rings (SSSR count). The van der Waals surface area contributed by atoms with E-state index in [0.29, 0.717) is 67.9 Å². The third-order valence-corrected chi connectivity index (χ3v) is 13.2. The Morgan fingerprint density at radius 3 is 1.87 bits per heavy atom. The number of likely N-dealkylation sites (N-methyl/N-ethyl adjacent to an activating group) is 1. The number of non-ortho nitro benzene ring substituents is 1. The van der Waals surface area contributed by atoms with Crippen molar-refractivity contribution in [1.29, 1.82) is 0 Å². The molecule has 0 radical (unpaired) electrons. The Bertz CT molecular complexity index is 2820. The minimum atomic E-state index is -1.26. The summed E-state index contributed by atoms with van der Waals surface area (Å²) in [6.45, 7) is 12.4. The summed E-state index contributed by atoms with van der Waals surface area (Å²) in [6.07, 6.45) is 4.27. The summed E-state index contributed by atoms with van der Waals surface area (Å²) in [4.78, 5) is 97.0. The molecule has 0 spiro atoms. The molecular formula is C61H78ClN5O15. The van der Waals surface area contributed by atoms with Gasteiger partial charge in [0.15, 0.2) is 0 Å². The number of hydrogen-bond acceptors (Lipinski definition) is 15. The molecule has 444 valence electrons. The normalized spacial score (nSPS) is 15.5. The molecule has 4 aromatic carbocycles. The molecule has 1 saturated heterocycles. The van der Waals surface area contributed by atoms with Crippen molar-refractivity contribution >= 4 is 59.8 Å². The van der Waals surface area contributed by atoms with Crippen molar-refractivity contribution in [3.63, 3.8) is 0 Å². The second kappa shape index (κ2) is 34.2. The minimum absolute atomic E-state index is 0. The van der Waals surface area contributed by atoms with Crippen LogP contribution < -0.4 is 10.6 Å². The van der Waals surface area contributed by atoms with E-state index in [-0.39, 0.29) is 55.1 Å². The minimum Gasteiger partial charge on any atom is -0.480 e. The quantitative estimate of drug-likeness (QED) is 0.0152. The van der Waals surface area contributed by atoms with Gasteiger partial charge in [0.1, 0.15) is 17.7 Å². The number of nitro groups is 1. The summed E-state index contributed by atoms with van der Waals surface area (Å²) in [6, 6.07) is 34.5. The van der Waals surface area contributed by atoms with Gasteiger partial charge in [-0.05, 0) is 109 Å². The van der Waals surface area contributed by atoms with Gasteiger partial charge < -0.3 is 44.6 Å². The molecule has 2 aliphatic heterocycles. The van der Waals surface area contributed by atoms with Crippen LogP contribution in [0.3, 0.4) is 0 Å². The lowest BCUT2D eigenvalue weighted by molar-refractivity contribution is -0.384. The van der Waals surface area contributed by atoms with Crippen molar-refractivity contribution in [2.75, 3.05) is 40.4 Å². The number of rotatable bonds is 23. The van der Waals surface area contributed by atoms with Crippen molar-refractivity contribution in [2.45, 2.75) is 117 Å². The molecule has 1 unspecified atom stereocenters. The molecular weight excluding hydrogens is 1080 g/mol. The van der Waals surface area contributed by atoms with Gasteiger partial charge >= 0.3 is 35.8 Å². The largest absolute Gasteiger partial charge is 0.480 e. The highest BCUT2D eigenvalue weighted by atomic mass is 35.5. The van der Waals surface area contributed by atoms with Crippen LogP contribution in [0.1, 0.15) is 109 Å². The molecule has 20 nitrogen and oxygen atoms in total. The maximum absolute atomic E-state index is 14.0. The molecule has 2 heterocycles. The zero-order chi connectivity index (χ0) is 59.1. The van der Waals surface area contributed by atoms with Crippen LogP contribution in [0, 0.1) is 10.1 Å². The number of nitrogens with one attached hydrogen (secondary N) is 2. The number of aryl methyl sites for hydroxylation is 1. The predicted molar refractivity (Wildman–Crippen MR) is 312 cm³/mol. The van der Waals surface area contributed by atoms with Gasteiger partial charge in [0, 0.05) is 54.7 Å². The van der Waals surface area contributed by atoms with Crippen molar-refractivity contribution in [1.82, 2.24) is 20.4 Å². The number of ether oxygens (including phenoxy) is 3. The molecule has 0 aromatic heterocycles. The highest BCUT2D eigenvalue weighted by Gasteiger charge is 2.41. The Morgan fingerprint density at radius 2 is 1.37 bits per heavy atom. The topological polar surface area (TPSA) is 282 Å². The number of likely N-dealkylation sites (tertiary alicyclic amines) is 1. The smallest absolute Gasteiger partial charge is 0.337 e. The van der Waals surface area contributed by atoms with E-state index in [2.05, 4.69) is 64.1 Å². The van der Waals surface area contributed by atoms with Crippen LogP contribution in [0.5, 0.6) is 0 Å². The Kier molecular flexibility index (Phi) is 29.1. The number of methoxy groups -OCH3 is 1. The summed E-state index contributed by atoms with van der Waals surface area (Å²) in [5, 5.41) is 42.6. The third-order valence-electron chi connectivity index (χ3n) is 13.2. The summed E-state index contributed by atoms with van der Waals surface area (Å²) >= 11 is 0. The number of esters is 3. The second-order valence-electron chi connectivity index (χ2n) is 19.8. The van der Waals surface area contributed by atoms with Crippen LogP contribution >= 0.6 is 12.4 Å². The number of carbonyl (C=O) groups excluding carboxylic acids is 4.